The lowest BCUT2D eigenvalue weighted by atomic mass is 10.3. The van der Waals surface area contributed by atoms with Gasteiger partial charge in [-0.3, -0.25) is 9.52 Å². The van der Waals surface area contributed by atoms with Crippen molar-refractivity contribution < 1.29 is 8.42 Å². The summed E-state index contributed by atoms with van der Waals surface area (Å²) in [6.07, 6.45) is 1.09. The molecule has 1 aromatic carbocycles. The Kier molecular flexibility index (Phi) is 4.58. The lowest BCUT2D eigenvalue weighted by molar-refractivity contribution is 0.600. The number of hydrogen-bond donors (Lipinski definition) is 2. The Balaban J connectivity index is 2.43. The fourth-order valence-electron chi connectivity index (χ4n) is 1.37. The lowest BCUT2D eigenvalue weighted by Gasteiger charge is -2.10. The first-order valence-corrected chi connectivity index (χ1v) is 8.60. The number of benzene rings is 1. The maximum atomic E-state index is 12.2. The van der Waals surface area contributed by atoms with Crippen molar-refractivity contribution in [3.8, 4) is 0 Å². The van der Waals surface area contributed by atoms with Gasteiger partial charge in [0.05, 0.1) is 5.69 Å². The summed E-state index contributed by atoms with van der Waals surface area (Å²) < 4.78 is 28.1. The van der Waals surface area contributed by atoms with Gasteiger partial charge in [-0.2, -0.15) is 0 Å². The van der Waals surface area contributed by atoms with Gasteiger partial charge in [-0.15, -0.1) is 0 Å². The van der Waals surface area contributed by atoms with E-state index >= 15 is 0 Å². The predicted octanol–water partition coefficient (Wildman–Crippen LogP) is 3.35. The summed E-state index contributed by atoms with van der Waals surface area (Å²) in [6, 6.07) is 6.16. The highest BCUT2D eigenvalue weighted by atomic mass is 79.9. The number of rotatable bonds is 3. The standard InChI is InChI=1S/C11H7Br2ClN2O3S/c12-6-1-2-8(13)10(3-6)16-20(18,19)7-4-9(14)11(17)15-5-7/h1-5,16H,(H,15,17). The van der Waals surface area contributed by atoms with Crippen LogP contribution in [0.4, 0.5) is 5.69 Å². The Bertz CT molecular complexity index is 821. The topological polar surface area (TPSA) is 79.0 Å². The van der Waals surface area contributed by atoms with E-state index in [0.29, 0.717) is 10.2 Å². The summed E-state index contributed by atoms with van der Waals surface area (Å²) in [5.41, 5.74) is -0.184. The number of anilines is 1. The first kappa shape index (κ1) is 15.6. The van der Waals surface area contributed by atoms with Crippen molar-refractivity contribution in [3.63, 3.8) is 0 Å². The zero-order chi connectivity index (χ0) is 14.9. The summed E-state index contributed by atoms with van der Waals surface area (Å²) in [7, 11) is -3.85. The highest BCUT2D eigenvalue weighted by Crippen LogP contribution is 2.28. The second kappa shape index (κ2) is 5.88. The average Bonchev–Trinajstić information content (AvgIpc) is 2.36. The van der Waals surface area contributed by atoms with Gasteiger partial charge < -0.3 is 4.98 Å². The van der Waals surface area contributed by atoms with Crippen LogP contribution in [0.3, 0.4) is 0 Å². The molecule has 1 heterocycles. The molecule has 0 amide bonds. The molecular formula is C11H7Br2ClN2O3S. The summed E-state index contributed by atoms with van der Waals surface area (Å²) in [6.45, 7) is 0. The molecule has 0 aliphatic rings. The molecule has 0 aliphatic carbocycles. The Labute approximate surface area is 136 Å². The minimum absolute atomic E-state index is 0.131. The van der Waals surface area contributed by atoms with Gasteiger partial charge in [-0.05, 0) is 40.2 Å². The van der Waals surface area contributed by atoms with Crippen LogP contribution in [0.1, 0.15) is 0 Å². The minimum Gasteiger partial charge on any atom is -0.326 e. The van der Waals surface area contributed by atoms with Crippen molar-refractivity contribution in [1.29, 1.82) is 0 Å². The van der Waals surface area contributed by atoms with E-state index in [1.54, 1.807) is 18.2 Å². The van der Waals surface area contributed by atoms with E-state index in [0.717, 1.165) is 16.7 Å². The molecule has 0 atom stereocenters. The molecule has 0 unspecified atom stereocenters. The van der Waals surface area contributed by atoms with Gasteiger partial charge >= 0.3 is 0 Å². The largest absolute Gasteiger partial charge is 0.326 e. The van der Waals surface area contributed by atoms with E-state index in [4.69, 9.17) is 11.6 Å². The molecule has 9 heteroatoms. The SMILES string of the molecule is O=c1[nH]cc(S(=O)(=O)Nc2cc(Br)ccc2Br)cc1Cl. The zero-order valence-electron chi connectivity index (χ0n) is 9.65. The van der Waals surface area contributed by atoms with Crippen molar-refractivity contribution in [1.82, 2.24) is 4.98 Å². The average molecular weight is 443 g/mol. The van der Waals surface area contributed by atoms with E-state index in [-0.39, 0.29) is 9.92 Å². The molecule has 2 N–H and O–H groups in total. The second-order valence-electron chi connectivity index (χ2n) is 3.74. The van der Waals surface area contributed by atoms with Gasteiger partial charge in [0.25, 0.3) is 15.6 Å². The molecule has 0 bridgehead atoms. The molecule has 2 rings (SSSR count). The van der Waals surface area contributed by atoms with Gasteiger partial charge in [0.15, 0.2) is 0 Å². The number of halogens is 3. The lowest BCUT2D eigenvalue weighted by Crippen LogP contribution is -2.16. The molecule has 0 saturated carbocycles. The van der Waals surface area contributed by atoms with Crippen LogP contribution in [-0.2, 0) is 10.0 Å². The van der Waals surface area contributed by atoms with Gasteiger partial charge in [0.1, 0.15) is 9.92 Å². The molecule has 106 valence electrons. The molecule has 2 aromatic rings. The normalized spacial score (nSPS) is 11.3. The van der Waals surface area contributed by atoms with E-state index in [2.05, 4.69) is 41.6 Å². The zero-order valence-corrected chi connectivity index (χ0v) is 14.4. The third-order valence-corrected chi connectivity index (χ3v) is 5.12. The number of sulfonamides is 1. The van der Waals surface area contributed by atoms with Crippen LogP contribution in [0, 0.1) is 0 Å². The monoisotopic (exact) mass is 440 g/mol. The second-order valence-corrected chi connectivity index (χ2v) is 7.60. The maximum absolute atomic E-state index is 12.2. The summed E-state index contributed by atoms with van der Waals surface area (Å²) in [4.78, 5) is 13.3. The Hall–Kier alpha value is -0.830. The van der Waals surface area contributed by atoms with E-state index in [9.17, 15) is 13.2 Å². The molecule has 0 aliphatic heterocycles. The quantitative estimate of drug-likeness (QED) is 0.765. The number of pyridine rings is 1. The summed E-state index contributed by atoms with van der Waals surface area (Å²) >= 11 is 12.1. The van der Waals surface area contributed by atoms with Crippen LogP contribution in [-0.4, -0.2) is 13.4 Å². The van der Waals surface area contributed by atoms with Crippen molar-refractivity contribution in [2.24, 2.45) is 0 Å². The Morgan fingerprint density at radius 1 is 1.20 bits per heavy atom. The Morgan fingerprint density at radius 2 is 1.90 bits per heavy atom. The maximum Gasteiger partial charge on any atom is 0.266 e. The third kappa shape index (κ3) is 3.43. The smallest absolute Gasteiger partial charge is 0.266 e. The summed E-state index contributed by atoms with van der Waals surface area (Å²) in [5, 5.41) is -0.193. The van der Waals surface area contributed by atoms with Gasteiger partial charge in [0.2, 0.25) is 0 Å². The van der Waals surface area contributed by atoms with Crippen molar-refractivity contribution >= 4 is 59.2 Å². The molecule has 0 radical (unpaired) electrons. The van der Waals surface area contributed by atoms with Crippen molar-refractivity contribution in [2.45, 2.75) is 4.90 Å². The number of nitrogens with one attached hydrogen (secondary N) is 2. The first-order valence-electron chi connectivity index (χ1n) is 5.16. The Morgan fingerprint density at radius 3 is 2.55 bits per heavy atom. The fraction of sp³-hybridized carbons (Fsp3) is 0. The number of aromatic nitrogens is 1. The number of aromatic amines is 1. The van der Waals surface area contributed by atoms with Crippen LogP contribution >= 0.6 is 43.5 Å². The van der Waals surface area contributed by atoms with Crippen molar-refractivity contribution in [2.75, 3.05) is 4.72 Å². The fourth-order valence-corrected chi connectivity index (χ4v) is 3.51. The van der Waals surface area contributed by atoms with Gasteiger partial charge in [0, 0.05) is 15.1 Å². The third-order valence-electron chi connectivity index (χ3n) is 2.31. The van der Waals surface area contributed by atoms with Crippen LogP contribution in [0.25, 0.3) is 0 Å². The van der Waals surface area contributed by atoms with Gasteiger partial charge in [-0.1, -0.05) is 27.5 Å². The minimum atomic E-state index is -3.85. The van der Waals surface area contributed by atoms with Crippen LogP contribution < -0.4 is 10.3 Å². The van der Waals surface area contributed by atoms with Crippen molar-refractivity contribution in [3.05, 3.63) is 54.8 Å². The van der Waals surface area contributed by atoms with E-state index in [1.165, 1.54) is 0 Å². The van der Waals surface area contributed by atoms with E-state index < -0.39 is 15.6 Å². The molecule has 5 nitrogen and oxygen atoms in total. The van der Waals surface area contributed by atoms with Crippen LogP contribution in [0.5, 0.6) is 0 Å². The van der Waals surface area contributed by atoms with Crippen LogP contribution in [0.15, 0.2) is 49.1 Å². The molecule has 20 heavy (non-hydrogen) atoms. The van der Waals surface area contributed by atoms with Crippen LogP contribution in [0.2, 0.25) is 5.02 Å². The number of H-pyrrole nitrogens is 1. The van der Waals surface area contributed by atoms with E-state index in [1.807, 2.05) is 0 Å². The summed E-state index contributed by atoms with van der Waals surface area (Å²) in [5.74, 6) is 0. The molecule has 0 fully saturated rings. The molecule has 1 aromatic heterocycles. The molecule has 0 saturated heterocycles. The predicted molar refractivity (Wildman–Crippen MR) is 84.7 cm³/mol. The number of hydrogen-bond acceptors (Lipinski definition) is 3. The molecule has 0 spiro atoms. The highest BCUT2D eigenvalue weighted by Gasteiger charge is 2.17. The highest BCUT2D eigenvalue weighted by molar-refractivity contribution is 9.11. The molecular weight excluding hydrogens is 435 g/mol. The first-order chi connectivity index (χ1) is 9.29. The van der Waals surface area contributed by atoms with Gasteiger partial charge in [-0.25, -0.2) is 8.42 Å².